The predicted octanol–water partition coefficient (Wildman–Crippen LogP) is 0.434. The summed E-state index contributed by atoms with van der Waals surface area (Å²) in [6.07, 6.45) is 0.0318. The van der Waals surface area contributed by atoms with Gasteiger partial charge in [0.1, 0.15) is 6.10 Å². The zero-order valence-electron chi connectivity index (χ0n) is 9.67. The Balaban J connectivity index is 1.71. The van der Waals surface area contributed by atoms with E-state index in [1.165, 1.54) is 11.3 Å². The molecule has 0 spiro atoms. The van der Waals surface area contributed by atoms with Gasteiger partial charge < -0.3 is 15.2 Å². The monoisotopic (exact) mass is 270 g/mol. The van der Waals surface area contributed by atoms with E-state index in [1.54, 1.807) is 5.51 Å². The molecule has 0 saturated carbocycles. The van der Waals surface area contributed by atoms with E-state index < -0.39 is 18.2 Å². The summed E-state index contributed by atoms with van der Waals surface area (Å²) in [4.78, 5) is 26.5. The van der Waals surface area contributed by atoms with Gasteiger partial charge in [0.2, 0.25) is 5.91 Å². The lowest BCUT2D eigenvalue weighted by Gasteiger charge is -2.11. The Kier molecular flexibility index (Phi) is 4.27. The molecule has 18 heavy (non-hydrogen) atoms. The van der Waals surface area contributed by atoms with Gasteiger partial charge in [0.15, 0.2) is 6.10 Å². The van der Waals surface area contributed by atoms with E-state index in [0.29, 0.717) is 25.8 Å². The van der Waals surface area contributed by atoms with Crippen molar-refractivity contribution in [1.29, 1.82) is 0 Å². The number of rotatable bonds is 5. The molecule has 1 fully saturated rings. The minimum Gasteiger partial charge on any atom is -0.479 e. The van der Waals surface area contributed by atoms with Crippen molar-refractivity contribution in [2.24, 2.45) is 0 Å². The van der Waals surface area contributed by atoms with E-state index in [-0.39, 0.29) is 5.91 Å². The number of amides is 1. The third-order valence-electron chi connectivity index (χ3n) is 2.75. The van der Waals surface area contributed by atoms with Crippen molar-refractivity contribution >= 4 is 23.2 Å². The Morgan fingerprint density at radius 2 is 2.28 bits per heavy atom. The lowest BCUT2D eigenvalue weighted by atomic mass is 10.2. The van der Waals surface area contributed by atoms with E-state index in [9.17, 15) is 9.59 Å². The number of hydrogen-bond acceptors (Lipinski definition) is 5. The molecule has 6 nitrogen and oxygen atoms in total. The van der Waals surface area contributed by atoms with Crippen LogP contribution in [0, 0.1) is 0 Å². The first-order valence-electron chi connectivity index (χ1n) is 5.70. The second-order valence-electron chi connectivity index (χ2n) is 4.05. The molecule has 0 radical (unpaired) electrons. The van der Waals surface area contributed by atoms with E-state index in [2.05, 4.69) is 10.3 Å². The second-order valence-corrected chi connectivity index (χ2v) is 4.77. The maximum atomic E-state index is 11.7. The average molecular weight is 270 g/mol. The van der Waals surface area contributed by atoms with Crippen LogP contribution in [0.15, 0.2) is 10.9 Å². The third-order valence-corrected chi connectivity index (χ3v) is 3.39. The largest absolute Gasteiger partial charge is 0.479 e. The molecule has 1 aromatic rings. The van der Waals surface area contributed by atoms with Gasteiger partial charge in [-0.3, -0.25) is 4.79 Å². The molecule has 0 bridgehead atoms. The zero-order valence-corrected chi connectivity index (χ0v) is 10.5. The molecule has 2 atom stereocenters. The Hall–Kier alpha value is -1.47. The molecular formula is C11H14N2O4S. The summed E-state index contributed by atoms with van der Waals surface area (Å²) in [5.74, 6) is -1.25. The molecule has 98 valence electrons. The Morgan fingerprint density at radius 1 is 1.50 bits per heavy atom. The van der Waals surface area contributed by atoms with Crippen LogP contribution in [0.5, 0.6) is 0 Å². The van der Waals surface area contributed by atoms with Crippen molar-refractivity contribution in [2.75, 3.05) is 6.54 Å². The van der Waals surface area contributed by atoms with E-state index in [0.717, 1.165) is 5.69 Å². The minimum atomic E-state index is -1.01. The molecule has 1 saturated heterocycles. The number of aliphatic carboxylic acids is 1. The van der Waals surface area contributed by atoms with Crippen LogP contribution < -0.4 is 5.32 Å². The molecule has 2 rings (SSSR count). The van der Waals surface area contributed by atoms with Crippen molar-refractivity contribution in [1.82, 2.24) is 10.3 Å². The summed E-state index contributed by atoms with van der Waals surface area (Å²) in [5, 5.41) is 13.4. The lowest BCUT2D eigenvalue weighted by molar-refractivity contribution is -0.151. The maximum Gasteiger partial charge on any atom is 0.332 e. The number of aromatic nitrogens is 1. The maximum absolute atomic E-state index is 11.7. The van der Waals surface area contributed by atoms with Crippen LogP contribution in [0.4, 0.5) is 0 Å². The highest BCUT2D eigenvalue weighted by molar-refractivity contribution is 7.07. The number of nitrogens with zero attached hydrogens (tertiary/aromatic N) is 1. The summed E-state index contributed by atoms with van der Waals surface area (Å²) in [6.45, 7) is 0.486. The Bertz CT molecular complexity index is 421. The van der Waals surface area contributed by atoms with Crippen molar-refractivity contribution < 1.29 is 19.4 Å². The van der Waals surface area contributed by atoms with Gasteiger partial charge in [-0.05, 0) is 12.8 Å². The van der Waals surface area contributed by atoms with Gasteiger partial charge in [-0.1, -0.05) is 0 Å². The van der Waals surface area contributed by atoms with Crippen molar-refractivity contribution in [3.05, 3.63) is 16.6 Å². The number of carboxylic acids is 1. The van der Waals surface area contributed by atoms with E-state index >= 15 is 0 Å². The first-order valence-corrected chi connectivity index (χ1v) is 6.64. The lowest BCUT2D eigenvalue weighted by Crippen LogP contribution is -2.36. The van der Waals surface area contributed by atoms with Gasteiger partial charge in [0.25, 0.3) is 0 Å². The fourth-order valence-corrected chi connectivity index (χ4v) is 2.39. The van der Waals surface area contributed by atoms with Gasteiger partial charge >= 0.3 is 5.97 Å². The first kappa shape index (κ1) is 13.0. The number of ether oxygens (including phenoxy) is 1. The van der Waals surface area contributed by atoms with Crippen LogP contribution >= 0.6 is 11.3 Å². The summed E-state index contributed by atoms with van der Waals surface area (Å²) in [7, 11) is 0. The number of hydrogen-bond donors (Lipinski definition) is 2. The SMILES string of the molecule is O=C(NCCc1cscn1)[C@@H]1CC[C@H](C(=O)O)O1. The molecule has 1 aromatic heterocycles. The second kappa shape index (κ2) is 5.92. The van der Waals surface area contributed by atoms with Crippen LogP contribution in [0.1, 0.15) is 18.5 Å². The molecular weight excluding hydrogens is 256 g/mol. The molecule has 1 aliphatic rings. The molecule has 1 aliphatic heterocycles. The number of nitrogens with one attached hydrogen (secondary N) is 1. The van der Waals surface area contributed by atoms with Crippen LogP contribution in [0.3, 0.4) is 0 Å². The van der Waals surface area contributed by atoms with Crippen LogP contribution in [0.25, 0.3) is 0 Å². The Morgan fingerprint density at radius 3 is 2.89 bits per heavy atom. The standard InChI is InChI=1S/C11H14N2O4S/c14-10(8-1-2-9(17-8)11(15)16)12-4-3-7-5-18-6-13-7/h5-6,8-9H,1-4H2,(H,12,14)(H,15,16)/t8-,9+/m0/s1. The fraction of sp³-hybridized carbons (Fsp3) is 0.545. The van der Waals surface area contributed by atoms with Crippen LogP contribution in [-0.4, -0.2) is 40.7 Å². The van der Waals surface area contributed by atoms with Gasteiger partial charge in [0, 0.05) is 18.3 Å². The van der Waals surface area contributed by atoms with Crippen LogP contribution in [-0.2, 0) is 20.7 Å². The molecule has 2 heterocycles. The molecule has 0 aliphatic carbocycles. The fourth-order valence-electron chi connectivity index (χ4n) is 1.80. The highest BCUT2D eigenvalue weighted by Gasteiger charge is 2.34. The summed E-state index contributed by atoms with van der Waals surface area (Å²) in [5.41, 5.74) is 2.69. The average Bonchev–Trinajstić information content (AvgIpc) is 2.99. The predicted molar refractivity (Wildman–Crippen MR) is 64.4 cm³/mol. The van der Waals surface area contributed by atoms with Crippen molar-refractivity contribution in [3.8, 4) is 0 Å². The minimum absolute atomic E-state index is 0.242. The Labute approximate surface area is 108 Å². The van der Waals surface area contributed by atoms with Crippen LogP contribution in [0.2, 0.25) is 0 Å². The quantitative estimate of drug-likeness (QED) is 0.810. The zero-order chi connectivity index (χ0) is 13.0. The topological polar surface area (TPSA) is 88.5 Å². The normalized spacial score (nSPS) is 22.9. The number of carbonyl (C=O) groups excluding carboxylic acids is 1. The van der Waals surface area contributed by atoms with Gasteiger partial charge in [-0.25, -0.2) is 9.78 Å². The molecule has 1 amide bonds. The summed E-state index contributed by atoms with van der Waals surface area (Å²) >= 11 is 1.51. The molecule has 7 heteroatoms. The van der Waals surface area contributed by atoms with Gasteiger partial charge in [0.05, 0.1) is 11.2 Å². The third kappa shape index (κ3) is 3.27. The van der Waals surface area contributed by atoms with Crippen molar-refractivity contribution in [2.45, 2.75) is 31.5 Å². The molecule has 2 N–H and O–H groups in total. The van der Waals surface area contributed by atoms with E-state index in [1.807, 2.05) is 5.38 Å². The first-order chi connectivity index (χ1) is 8.66. The number of carboxylic acid groups (broad SMARTS) is 1. The summed E-state index contributed by atoms with van der Waals surface area (Å²) < 4.78 is 5.15. The van der Waals surface area contributed by atoms with Gasteiger partial charge in [-0.2, -0.15) is 0 Å². The highest BCUT2D eigenvalue weighted by atomic mass is 32.1. The molecule has 0 unspecified atom stereocenters. The van der Waals surface area contributed by atoms with Crippen molar-refractivity contribution in [3.63, 3.8) is 0 Å². The summed E-state index contributed by atoms with van der Waals surface area (Å²) in [6, 6.07) is 0. The number of carbonyl (C=O) groups is 2. The van der Waals surface area contributed by atoms with E-state index in [4.69, 9.17) is 9.84 Å². The highest BCUT2D eigenvalue weighted by Crippen LogP contribution is 2.19. The smallest absolute Gasteiger partial charge is 0.332 e. The number of thiazole rings is 1. The molecule has 0 aromatic carbocycles. The van der Waals surface area contributed by atoms with Gasteiger partial charge in [-0.15, -0.1) is 11.3 Å².